The molecular weight excluding hydrogens is 240 g/mol. The van der Waals surface area contributed by atoms with E-state index >= 15 is 0 Å². The second-order valence-corrected chi connectivity index (χ2v) is 7.27. The summed E-state index contributed by atoms with van der Waals surface area (Å²) >= 11 is 0. The van der Waals surface area contributed by atoms with Crippen molar-refractivity contribution in [2.45, 2.75) is 51.7 Å². The molecule has 1 aliphatic heterocycles. The van der Waals surface area contributed by atoms with Crippen molar-refractivity contribution in [1.29, 1.82) is 0 Å². The van der Waals surface area contributed by atoms with Gasteiger partial charge in [-0.1, -0.05) is 6.42 Å². The first-order valence-electron chi connectivity index (χ1n) is 7.42. The molecule has 0 spiro atoms. The van der Waals surface area contributed by atoms with Crippen LogP contribution in [0.4, 0.5) is 4.79 Å². The Balaban J connectivity index is 1.99. The lowest BCUT2D eigenvalue weighted by atomic mass is 9.77. The van der Waals surface area contributed by atoms with Crippen LogP contribution in [-0.2, 0) is 4.74 Å². The number of hydrogen-bond acceptors (Lipinski definition) is 3. The molecule has 0 aromatic heterocycles. The number of fused-ring (bicyclic) bond motifs is 1. The zero-order valence-electron chi connectivity index (χ0n) is 13.0. The minimum atomic E-state index is -0.397. The van der Waals surface area contributed by atoms with Crippen LogP contribution < -0.4 is 0 Å². The number of amides is 1. The topological polar surface area (TPSA) is 32.8 Å². The highest BCUT2D eigenvalue weighted by Gasteiger charge is 2.43. The molecule has 2 aliphatic rings. The summed E-state index contributed by atoms with van der Waals surface area (Å²) in [7, 11) is 4.31. The van der Waals surface area contributed by atoms with Crippen molar-refractivity contribution in [2.75, 3.05) is 27.2 Å². The minimum Gasteiger partial charge on any atom is -0.444 e. The maximum atomic E-state index is 12.2. The van der Waals surface area contributed by atoms with Gasteiger partial charge in [-0.05, 0) is 59.5 Å². The van der Waals surface area contributed by atoms with Crippen LogP contribution in [0.3, 0.4) is 0 Å². The van der Waals surface area contributed by atoms with E-state index in [0.29, 0.717) is 17.9 Å². The molecule has 1 heterocycles. The highest BCUT2D eigenvalue weighted by atomic mass is 16.6. The van der Waals surface area contributed by atoms with Crippen LogP contribution in [0.25, 0.3) is 0 Å². The van der Waals surface area contributed by atoms with E-state index in [1.807, 2.05) is 25.7 Å². The van der Waals surface area contributed by atoms with Crippen LogP contribution in [0.5, 0.6) is 0 Å². The Kier molecular flexibility index (Phi) is 4.09. The summed E-state index contributed by atoms with van der Waals surface area (Å²) in [6.45, 7) is 7.52. The average molecular weight is 268 g/mol. The van der Waals surface area contributed by atoms with Crippen LogP contribution in [0.15, 0.2) is 0 Å². The van der Waals surface area contributed by atoms with Crippen molar-refractivity contribution < 1.29 is 9.53 Å². The number of carbonyl (C=O) groups excluding carboxylic acids is 1. The summed E-state index contributed by atoms with van der Waals surface area (Å²) < 4.78 is 5.50. The molecular formula is C15H28N2O2. The molecule has 0 radical (unpaired) electrons. The molecule has 2 fully saturated rings. The number of hydrogen-bond donors (Lipinski definition) is 0. The molecule has 19 heavy (non-hydrogen) atoms. The standard InChI is InChI=1S/C15H28N2O2/c1-15(2,3)19-14(18)17-9-11-7-6-8-13(16(4)5)12(11)10-17/h11-13H,6-10H2,1-5H3/t11-,12-,13+/m1/s1. The van der Waals surface area contributed by atoms with Gasteiger partial charge in [0.25, 0.3) is 0 Å². The smallest absolute Gasteiger partial charge is 0.410 e. The van der Waals surface area contributed by atoms with Gasteiger partial charge in [0.2, 0.25) is 0 Å². The van der Waals surface area contributed by atoms with Crippen LogP contribution in [0.1, 0.15) is 40.0 Å². The highest BCUT2D eigenvalue weighted by Crippen LogP contribution is 2.38. The Hall–Kier alpha value is -0.770. The fourth-order valence-corrected chi connectivity index (χ4v) is 3.56. The van der Waals surface area contributed by atoms with Crippen LogP contribution in [0.2, 0.25) is 0 Å². The minimum absolute atomic E-state index is 0.139. The molecule has 4 nitrogen and oxygen atoms in total. The third-order valence-corrected chi connectivity index (χ3v) is 4.38. The van der Waals surface area contributed by atoms with Gasteiger partial charge < -0.3 is 14.5 Å². The number of rotatable bonds is 1. The summed E-state index contributed by atoms with van der Waals surface area (Å²) in [6.07, 6.45) is 3.66. The molecule has 0 aromatic rings. The average Bonchev–Trinajstić information content (AvgIpc) is 2.69. The normalized spacial score (nSPS) is 31.5. The summed E-state index contributed by atoms with van der Waals surface area (Å²) in [5.74, 6) is 1.28. The van der Waals surface area contributed by atoms with Crippen molar-refractivity contribution >= 4 is 6.09 Å². The van der Waals surface area contributed by atoms with Gasteiger partial charge >= 0.3 is 6.09 Å². The van der Waals surface area contributed by atoms with E-state index in [-0.39, 0.29) is 6.09 Å². The Morgan fingerprint density at radius 2 is 1.89 bits per heavy atom. The Bertz CT molecular complexity index is 336. The monoisotopic (exact) mass is 268 g/mol. The predicted molar refractivity (Wildman–Crippen MR) is 76.1 cm³/mol. The van der Waals surface area contributed by atoms with Gasteiger partial charge in [-0.3, -0.25) is 0 Å². The van der Waals surface area contributed by atoms with Gasteiger partial charge in [-0.15, -0.1) is 0 Å². The van der Waals surface area contributed by atoms with Crippen molar-refractivity contribution in [1.82, 2.24) is 9.80 Å². The van der Waals surface area contributed by atoms with E-state index in [0.717, 1.165) is 13.1 Å². The summed E-state index contributed by atoms with van der Waals surface area (Å²) in [5, 5.41) is 0. The summed E-state index contributed by atoms with van der Waals surface area (Å²) in [6, 6.07) is 0.617. The van der Waals surface area contributed by atoms with Gasteiger partial charge in [-0.2, -0.15) is 0 Å². The van der Waals surface area contributed by atoms with Crippen molar-refractivity contribution in [3.8, 4) is 0 Å². The lowest BCUT2D eigenvalue weighted by Crippen LogP contribution is -2.42. The molecule has 3 atom stereocenters. The Labute approximate surface area is 117 Å². The molecule has 0 bridgehead atoms. The molecule has 110 valence electrons. The molecule has 0 N–H and O–H groups in total. The molecule has 2 rings (SSSR count). The molecule has 1 amide bonds. The summed E-state index contributed by atoms with van der Waals surface area (Å²) in [5.41, 5.74) is -0.397. The molecule has 1 saturated carbocycles. The largest absolute Gasteiger partial charge is 0.444 e. The quantitative estimate of drug-likeness (QED) is 0.733. The highest BCUT2D eigenvalue weighted by molar-refractivity contribution is 5.68. The first-order chi connectivity index (χ1) is 8.78. The predicted octanol–water partition coefficient (Wildman–Crippen LogP) is 2.58. The fourth-order valence-electron chi connectivity index (χ4n) is 3.56. The first kappa shape index (κ1) is 14.6. The maximum Gasteiger partial charge on any atom is 0.410 e. The summed E-state index contributed by atoms with van der Waals surface area (Å²) in [4.78, 5) is 16.4. The van der Waals surface area contributed by atoms with Gasteiger partial charge in [-0.25, -0.2) is 4.79 Å². The van der Waals surface area contributed by atoms with Crippen LogP contribution in [-0.4, -0.2) is 54.7 Å². The molecule has 1 saturated heterocycles. The van der Waals surface area contributed by atoms with E-state index in [1.54, 1.807) is 0 Å². The SMILES string of the molecule is CN(C)[C@H]1CCC[C@@H]2CN(C(=O)OC(C)(C)C)C[C@H]21. The molecule has 0 aromatic carbocycles. The second-order valence-electron chi connectivity index (χ2n) is 7.27. The third kappa shape index (κ3) is 3.41. The van der Waals surface area contributed by atoms with Gasteiger partial charge in [0.05, 0.1) is 0 Å². The zero-order chi connectivity index (χ0) is 14.2. The second kappa shape index (κ2) is 5.31. The van der Waals surface area contributed by atoms with E-state index in [1.165, 1.54) is 19.3 Å². The molecule has 1 aliphatic carbocycles. The lowest BCUT2D eigenvalue weighted by Gasteiger charge is -2.37. The Morgan fingerprint density at radius 3 is 2.47 bits per heavy atom. The number of likely N-dealkylation sites (tertiary alicyclic amines) is 1. The van der Waals surface area contributed by atoms with Crippen molar-refractivity contribution in [3.05, 3.63) is 0 Å². The van der Waals surface area contributed by atoms with E-state index in [9.17, 15) is 4.79 Å². The van der Waals surface area contributed by atoms with E-state index in [4.69, 9.17) is 4.74 Å². The fraction of sp³-hybridized carbons (Fsp3) is 0.933. The molecule has 0 unspecified atom stereocenters. The zero-order valence-corrected chi connectivity index (χ0v) is 13.0. The first-order valence-corrected chi connectivity index (χ1v) is 7.42. The number of nitrogens with zero attached hydrogens (tertiary/aromatic N) is 2. The van der Waals surface area contributed by atoms with Crippen molar-refractivity contribution in [2.24, 2.45) is 11.8 Å². The lowest BCUT2D eigenvalue weighted by molar-refractivity contribution is 0.0279. The van der Waals surface area contributed by atoms with Crippen LogP contribution in [0, 0.1) is 11.8 Å². The van der Waals surface area contributed by atoms with Gasteiger partial charge in [0, 0.05) is 19.1 Å². The van der Waals surface area contributed by atoms with Gasteiger partial charge in [0.1, 0.15) is 5.60 Å². The third-order valence-electron chi connectivity index (χ3n) is 4.38. The van der Waals surface area contributed by atoms with Gasteiger partial charge in [0.15, 0.2) is 0 Å². The number of ether oxygens (including phenoxy) is 1. The molecule has 4 heteroatoms. The van der Waals surface area contributed by atoms with E-state index < -0.39 is 5.60 Å². The number of carbonyl (C=O) groups is 1. The van der Waals surface area contributed by atoms with E-state index in [2.05, 4.69) is 19.0 Å². The van der Waals surface area contributed by atoms with Crippen molar-refractivity contribution in [3.63, 3.8) is 0 Å². The Morgan fingerprint density at radius 1 is 1.21 bits per heavy atom. The van der Waals surface area contributed by atoms with Crippen LogP contribution >= 0.6 is 0 Å². The maximum absolute atomic E-state index is 12.2.